The normalized spacial score (nSPS) is 26.1. The second-order valence-corrected chi connectivity index (χ2v) is 15.7. The fourth-order valence-electron chi connectivity index (χ4n) is 6.25. The molecule has 2 aliphatic rings. The van der Waals surface area contributed by atoms with Gasteiger partial charge < -0.3 is 47.4 Å². The molecular formula is C41H40Cl3NO16. The summed E-state index contributed by atoms with van der Waals surface area (Å²) in [6.45, 7) is 3.99. The molecule has 3 aromatic carbocycles. The van der Waals surface area contributed by atoms with Crippen LogP contribution in [0.4, 0.5) is 0 Å². The summed E-state index contributed by atoms with van der Waals surface area (Å²) in [7, 11) is 0. The van der Waals surface area contributed by atoms with Crippen molar-refractivity contribution in [2.45, 2.75) is 92.9 Å². The lowest BCUT2D eigenvalue weighted by atomic mass is 9.96. The van der Waals surface area contributed by atoms with Crippen molar-refractivity contribution in [1.29, 1.82) is 5.41 Å². The SMILES string of the molecule is CC(=O)OC[C@H]1O[C@H](OC(=N)C(Cl)(Cl)Cl)[C@H](O[C@@H]2O[C@H](C)[C@H](OC(=O)c3ccccc3)[C@H](OC(=O)c3ccccc3)[C@H]2OC(=O)c2ccccc2)[C@@H](OC(C)=O)[C@H]1OC(C)=O. The summed E-state index contributed by atoms with van der Waals surface area (Å²) in [6.07, 6.45) is -16.8. The largest absolute Gasteiger partial charge is 0.463 e. The van der Waals surface area contributed by atoms with Gasteiger partial charge in [0.2, 0.25) is 12.2 Å². The Kier molecular flexibility index (Phi) is 16.1. The maximum absolute atomic E-state index is 13.9. The van der Waals surface area contributed by atoms with Crippen molar-refractivity contribution in [2.24, 2.45) is 0 Å². The minimum absolute atomic E-state index is 0.0326. The predicted molar refractivity (Wildman–Crippen MR) is 212 cm³/mol. The van der Waals surface area contributed by atoms with Gasteiger partial charge in [0.05, 0.1) is 22.8 Å². The fraction of sp³-hybridized carbons (Fsp3) is 0.390. The van der Waals surface area contributed by atoms with Gasteiger partial charge in [0.15, 0.2) is 42.9 Å². The highest BCUT2D eigenvalue weighted by Gasteiger charge is 2.58. The zero-order chi connectivity index (χ0) is 44.4. The molecule has 0 unspecified atom stereocenters. The van der Waals surface area contributed by atoms with Crippen LogP contribution in [0.5, 0.6) is 0 Å². The summed E-state index contributed by atoms with van der Waals surface area (Å²) in [6, 6.07) is 23.3. The Bertz CT molecular complexity index is 2040. The molecule has 0 radical (unpaired) electrons. The van der Waals surface area contributed by atoms with Gasteiger partial charge in [-0.1, -0.05) is 89.4 Å². The highest BCUT2D eigenvalue weighted by atomic mass is 35.6. The Hall–Kier alpha value is -5.30. The Morgan fingerprint density at radius 1 is 0.541 bits per heavy atom. The number of ether oxygens (including phenoxy) is 10. The van der Waals surface area contributed by atoms with E-state index in [1.807, 2.05) is 0 Å². The highest BCUT2D eigenvalue weighted by molar-refractivity contribution is 6.76. The Balaban J connectivity index is 1.64. The number of esters is 6. The first-order chi connectivity index (χ1) is 28.9. The minimum atomic E-state index is -2.50. The summed E-state index contributed by atoms with van der Waals surface area (Å²) in [5, 5.41) is 8.37. The van der Waals surface area contributed by atoms with Crippen LogP contribution in [-0.4, -0.2) is 114 Å². The van der Waals surface area contributed by atoms with E-state index in [9.17, 15) is 28.8 Å². The molecule has 2 heterocycles. The molecule has 5 rings (SSSR count). The third-order valence-corrected chi connectivity index (χ3v) is 9.43. The van der Waals surface area contributed by atoms with Crippen LogP contribution in [0, 0.1) is 5.41 Å². The predicted octanol–water partition coefficient (Wildman–Crippen LogP) is 5.31. The van der Waals surface area contributed by atoms with Crippen LogP contribution in [0.25, 0.3) is 0 Å². The molecule has 2 fully saturated rings. The minimum Gasteiger partial charge on any atom is -0.463 e. The fourth-order valence-corrected chi connectivity index (χ4v) is 6.38. The van der Waals surface area contributed by atoms with Crippen LogP contribution in [-0.2, 0) is 61.8 Å². The topological polar surface area (TPSA) is 219 Å². The molecule has 2 aliphatic heterocycles. The van der Waals surface area contributed by atoms with E-state index < -0.39 is 114 Å². The number of halogens is 3. The van der Waals surface area contributed by atoms with Gasteiger partial charge in [0, 0.05) is 20.8 Å². The van der Waals surface area contributed by atoms with Gasteiger partial charge in [-0.05, 0) is 43.3 Å². The third-order valence-electron chi connectivity index (χ3n) is 8.91. The molecule has 0 bridgehead atoms. The number of carbonyl (C=O) groups is 6. The van der Waals surface area contributed by atoms with Crippen molar-refractivity contribution in [1.82, 2.24) is 0 Å². The van der Waals surface area contributed by atoms with Crippen LogP contribution in [0.1, 0.15) is 58.8 Å². The molecule has 3 aromatic rings. The molecule has 0 amide bonds. The molecule has 10 atom stereocenters. The zero-order valence-corrected chi connectivity index (χ0v) is 35.1. The average Bonchev–Trinajstić information content (AvgIpc) is 3.21. The quantitative estimate of drug-likeness (QED) is 0.0756. The van der Waals surface area contributed by atoms with Crippen molar-refractivity contribution >= 4 is 76.5 Å². The van der Waals surface area contributed by atoms with Gasteiger partial charge in [-0.2, -0.15) is 0 Å². The second-order valence-electron chi connectivity index (χ2n) is 13.5. The van der Waals surface area contributed by atoms with E-state index in [0.717, 1.165) is 20.8 Å². The average molecular weight is 909 g/mol. The van der Waals surface area contributed by atoms with Gasteiger partial charge in [-0.25, -0.2) is 14.4 Å². The van der Waals surface area contributed by atoms with E-state index >= 15 is 0 Å². The van der Waals surface area contributed by atoms with Crippen LogP contribution >= 0.6 is 34.8 Å². The monoisotopic (exact) mass is 907 g/mol. The lowest BCUT2D eigenvalue weighted by Gasteiger charge is -2.48. The van der Waals surface area contributed by atoms with E-state index in [1.54, 1.807) is 54.6 Å². The third kappa shape index (κ3) is 12.6. The summed E-state index contributed by atoms with van der Waals surface area (Å²) in [5.74, 6) is -6.42. The van der Waals surface area contributed by atoms with Gasteiger partial charge in [-0.15, -0.1) is 0 Å². The number of rotatable bonds is 13. The molecule has 61 heavy (non-hydrogen) atoms. The Morgan fingerprint density at radius 2 is 0.967 bits per heavy atom. The number of carbonyl (C=O) groups excluding carboxylic acids is 6. The highest BCUT2D eigenvalue weighted by Crippen LogP contribution is 2.37. The number of hydrogen-bond donors (Lipinski definition) is 1. The molecule has 0 aromatic heterocycles. The second kappa shape index (κ2) is 21.0. The lowest BCUT2D eigenvalue weighted by Crippen LogP contribution is -2.67. The number of alkyl halides is 3. The van der Waals surface area contributed by atoms with Crippen molar-refractivity contribution in [3.05, 3.63) is 108 Å². The number of hydrogen-bond acceptors (Lipinski definition) is 17. The molecule has 0 spiro atoms. The number of benzene rings is 3. The Labute approximate surface area is 364 Å². The maximum Gasteiger partial charge on any atom is 0.338 e. The standard InChI is InChI=1S/C41H40Cl3NO16/c1-21-29(57-35(49)25-14-8-5-9-15-25)31(58-36(50)26-16-10-6-11-17-26)33(59-37(51)27-18-12-7-13-19-27)38(53-21)60-34-32(55-24(4)48)30(54-23(3)47)28(20-52-22(2)46)56-39(34)61-40(45)41(42,43)44/h5-19,21,28-34,38-39,45H,20H2,1-4H3/t21-,28-,29+,30+,31+,32+,33-,34-,38+,39-/m1/s1. The van der Waals surface area contributed by atoms with Gasteiger partial charge in [0.25, 0.3) is 3.79 Å². The van der Waals surface area contributed by atoms with Crippen LogP contribution in [0.3, 0.4) is 0 Å². The summed E-state index contributed by atoms with van der Waals surface area (Å²) in [5.41, 5.74) is 0.224. The first kappa shape index (κ1) is 46.8. The van der Waals surface area contributed by atoms with E-state index in [-0.39, 0.29) is 16.7 Å². The summed E-state index contributed by atoms with van der Waals surface area (Å²) < 4.78 is 56.2. The molecule has 0 saturated carbocycles. The van der Waals surface area contributed by atoms with Crippen molar-refractivity contribution in [2.75, 3.05) is 6.61 Å². The Morgan fingerprint density at radius 3 is 1.41 bits per heavy atom. The van der Waals surface area contributed by atoms with E-state index in [4.69, 9.17) is 87.6 Å². The van der Waals surface area contributed by atoms with Crippen LogP contribution < -0.4 is 0 Å². The van der Waals surface area contributed by atoms with Crippen molar-refractivity contribution < 1.29 is 76.1 Å². The molecule has 17 nitrogen and oxygen atoms in total. The van der Waals surface area contributed by atoms with Gasteiger partial charge in [0.1, 0.15) is 12.7 Å². The van der Waals surface area contributed by atoms with E-state index in [1.165, 1.54) is 43.3 Å². The van der Waals surface area contributed by atoms with E-state index in [2.05, 4.69) is 0 Å². The zero-order valence-electron chi connectivity index (χ0n) is 32.8. The van der Waals surface area contributed by atoms with Crippen molar-refractivity contribution in [3.63, 3.8) is 0 Å². The lowest BCUT2D eigenvalue weighted by molar-refractivity contribution is -0.355. The maximum atomic E-state index is 13.9. The summed E-state index contributed by atoms with van der Waals surface area (Å²) >= 11 is 17.9. The molecule has 1 N–H and O–H groups in total. The number of nitrogens with one attached hydrogen (secondary N) is 1. The molecule has 20 heteroatoms. The van der Waals surface area contributed by atoms with E-state index in [0.29, 0.717) is 0 Å². The molecule has 326 valence electrons. The summed E-state index contributed by atoms with van der Waals surface area (Å²) in [4.78, 5) is 78.4. The van der Waals surface area contributed by atoms with Crippen LogP contribution in [0.2, 0.25) is 0 Å². The molecule has 0 aliphatic carbocycles. The van der Waals surface area contributed by atoms with Crippen LogP contribution in [0.15, 0.2) is 91.0 Å². The van der Waals surface area contributed by atoms with Crippen molar-refractivity contribution in [3.8, 4) is 0 Å². The first-order valence-electron chi connectivity index (χ1n) is 18.5. The van der Waals surface area contributed by atoms with Gasteiger partial charge in [-0.3, -0.25) is 19.8 Å². The smallest absolute Gasteiger partial charge is 0.338 e. The molecule has 2 saturated heterocycles. The van der Waals surface area contributed by atoms with Gasteiger partial charge >= 0.3 is 35.8 Å². The molecular weight excluding hydrogens is 869 g/mol. The first-order valence-corrected chi connectivity index (χ1v) is 19.6.